The number of benzene rings is 1. The molecule has 1 aliphatic heterocycles. The molecule has 0 aliphatic carbocycles. The lowest BCUT2D eigenvalue weighted by atomic mass is 10.0. The Morgan fingerprint density at radius 3 is 2.96 bits per heavy atom. The van der Waals surface area contributed by atoms with Gasteiger partial charge < -0.3 is 0 Å². The number of carbonyl (C=O) groups excluding carboxylic acids is 1. The first-order valence-electron chi connectivity index (χ1n) is 7.91. The van der Waals surface area contributed by atoms with Gasteiger partial charge in [-0.25, -0.2) is 4.39 Å². The minimum atomic E-state index is -0.238. The van der Waals surface area contributed by atoms with E-state index in [2.05, 4.69) is 20.4 Å². The van der Waals surface area contributed by atoms with Crippen molar-refractivity contribution < 1.29 is 9.18 Å². The number of halogens is 1. The molecule has 5 nitrogen and oxygen atoms in total. The summed E-state index contributed by atoms with van der Waals surface area (Å²) in [7, 11) is 0. The third-order valence-corrected chi connectivity index (χ3v) is 5.74. The van der Waals surface area contributed by atoms with Gasteiger partial charge in [0.15, 0.2) is 4.34 Å². The number of likely N-dealkylation sites (tertiary alicyclic amines) is 1. The van der Waals surface area contributed by atoms with Crippen LogP contribution >= 0.6 is 23.1 Å². The molecule has 0 radical (unpaired) electrons. The van der Waals surface area contributed by atoms with Gasteiger partial charge in [0, 0.05) is 6.04 Å². The molecule has 0 unspecified atom stereocenters. The van der Waals surface area contributed by atoms with E-state index in [-0.39, 0.29) is 17.8 Å². The second-order valence-corrected chi connectivity index (χ2v) is 8.02. The average Bonchev–Trinajstić information content (AvgIpc) is 3.18. The molecule has 1 aliphatic rings. The van der Waals surface area contributed by atoms with E-state index in [0.29, 0.717) is 11.7 Å². The number of nitrogens with zero attached hydrogens (tertiary/aromatic N) is 3. The molecule has 0 bridgehead atoms. The fraction of sp³-hybridized carbons (Fsp3) is 0.438. The minimum Gasteiger partial charge on any atom is -0.299 e. The Kier molecular flexibility index (Phi) is 5.80. The lowest BCUT2D eigenvalue weighted by Crippen LogP contribution is -2.32. The molecule has 0 spiro atoms. The van der Waals surface area contributed by atoms with Crippen LogP contribution in [-0.4, -0.2) is 39.8 Å². The summed E-state index contributed by atoms with van der Waals surface area (Å²) in [5, 5.41) is 11.4. The molecule has 1 N–H and O–H groups in total. The van der Waals surface area contributed by atoms with Gasteiger partial charge in [0.1, 0.15) is 5.82 Å². The van der Waals surface area contributed by atoms with Crippen LogP contribution in [0, 0.1) is 5.82 Å². The third-order valence-electron chi connectivity index (χ3n) is 3.89. The zero-order chi connectivity index (χ0) is 16.9. The number of thioether (sulfide) groups is 1. The minimum absolute atomic E-state index is 0.0896. The molecule has 24 heavy (non-hydrogen) atoms. The van der Waals surface area contributed by atoms with E-state index < -0.39 is 0 Å². The molecule has 1 aromatic heterocycles. The second kappa shape index (κ2) is 8.04. The maximum absolute atomic E-state index is 13.1. The number of amides is 1. The monoisotopic (exact) mass is 366 g/mol. The standard InChI is InChI=1S/C16H19FN4OS2/c1-2-23-16-20-19-15(24-16)18-14(22)10-21-9-3-4-13(21)11-5-7-12(17)8-6-11/h5-8,13H,2-4,9-10H2,1H3,(H,18,19,22)/t13-/m0/s1. The van der Waals surface area contributed by atoms with Crippen molar-refractivity contribution in [3.05, 3.63) is 35.6 Å². The molecular formula is C16H19FN4OS2. The topological polar surface area (TPSA) is 58.1 Å². The maximum atomic E-state index is 13.1. The van der Waals surface area contributed by atoms with E-state index in [9.17, 15) is 9.18 Å². The van der Waals surface area contributed by atoms with Crippen LogP contribution in [0.25, 0.3) is 0 Å². The number of rotatable bonds is 6. The highest BCUT2D eigenvalue weighted by Crippen LogP contribution is 2.32. The molecule has 3 rings (SSSR count). The van der Waals surface area contributed by atoms with Crippen LogP contribution in [0.2, 0.25) is 0 Å². The average molecular weight is 366 g/mol. The van der Waals surface area contributed by atoms with E-state index in [0.717, 1.165) is 35.0 Å². The molecule has 1 saturated heterocycles. The molecule has 0 saturated carbocycles. The van der Waals surface area contributed by atoms with Gasteiger partial charge in [-0.1, -0.05) is 42.2 Å². The zero-order valence-corrected chi connectivity index (χ0v) is 15.0. The van der Waals surface area contributed by atoms with E-state index in [1.807, 2.05) is 6.92 Å². The van der Waals surface area contributed by atoms with E-state index in [1.54, 1.807) is 23.9 Å². The Morgan fingerprint density at radius 1 is 1.42 bits per heavy atom. The lowest BCUT2D eigenvalue weighted by Gasteiger charge is -2.23. The largest absolute Gasteiger partial charge is 0.299 e. The van der Waals surface area contributed by atoms with E-state index in [4.69, 9.17) is 0 Å². The van der Waals surface area contributed by atoms with Gasteiger partial charge in [-0.05, 0) is 42.8 Å². The summed E-state index contributed by atoms with van der Waals surface area (Å²) in [6.45, 7) is 3.22. The Bertz CT molecular complexity index is 692. The van der Waals surface area contributed by atoms with Crippen LogP contribution in [0.3, 0.4) is 0 Å². The first-order chi connectivity index (χ1) is 11.7. The van der Waals surface area contributed by atoms with Crippen LogP contribution in [0.5, 0.6) is 0 Å². The van der Waals surface area contributed by atoms with Crippen LogP contribution in [-0.2, 0) is 4.79 Å². The van der Waals surface area contributed by atoms with Crippen molar-refractivity contribution in [1.29, 1.82) is 0 Å². The van der Waals surface area contributed by atoms with Crippen molar-refractivity contribution >= 4 is 34.1 Å². The number of anilines is 1. The number of hydrogen-bond donors (Lipinski definition) is 1. The second-order valence-electron chi connectivity index (χ2n) is 5.53. The smallest absolute Gasteiger partial charge is 0.240 e. The van der Waals surface area contributed by atoms with E-state index in [1.165, 1.54) is 23.5 Å². The highest BCUT2D eigenvalue weighted by Gasteiger charge is 2.27. The predicted octanol–water partition coefficient (Wildman–Crippen LogP) is 3.56. The first kappa shape index (κ1) is 17.3. The number of aromatic nitrogens is 2. The van der Waals surface area contributed by atoms with Crippen molar-refractivity contribution in [2.45, 2.75) is 30.1 Å². The highest BCUT2D eigenvalue weighted by atomic mass is 32.2. The summed E-state index contributed by atoms with van der Waals surface area (Å²) >= 11 is 3.00. The Hall–Kier alpha value is -1.51. The molecule has 1 atom stereocenters. The van der Waals surface area contributed by atoms with Crippen molar-refractivity contribution in [3.63, 3.8) is 0 Å². The molecule has 128 valence electrons. The summed E-state index contributed by atoms with van der Waals surface area (Å²) in [6, 6.07) is 6.71. The molecule has 1 aromatic carbocycles. The van der Waals surface area contributed by atoms with Crippen molar-refractivity contribution in [3.8, 4) is 0 Å². The predicted molar refractivity (Wildman–Crippen MR) is 94.9 cm³/mol. The molecular weight excluding hydrogens is 347 g/mol. The van der Waals surface area contributed by atoms with Crippen molar-refractivity contribution in [2.24, 2.45) is 0 Å². The molecule has 1 fully saturated rings. The quantitative estimate of drug-likeness (QED) is 0.626. The fourth-order valence-corrected chi connectivity index (χ4v) is 4.53. The summed E-state index contributed by atoms with van der Waals surface area (Å²) in [6.07, 6.45) is 2.01. The van der Waals surface area contributed by atoms with Gasteiger partial charge in [0.25, 0.3) is 0 Å². The van der Waals surface area contributed by atoms with Crippen LogP contribution < -0.4 is 5.32 Å². The first-order valence-corrected chi connectivity index (χ1v) is 9.71. The SMILES string of the molecule is CCSc1nnc(NC(=O)CN2CCC[C@H]2c2ccc(F)cc2)s1. The fourth-order valence-electron chi connectivity index (χ4n) is 2.86. The van der Waals surface area contributed by atoms with Crippen LogP contribution in [0.15, 0.2) is 28.6 Å². The van der Waals surface area contributed by atoms with Gasteiger partial charge in [-0.3, -0.25) is 15.0 Å². The van der Waals surface area contributed by atoms with E-state index >= 15 is 0 Å². The van der Waals surface area contributed by atoms with Gasteiger partial charge in [-0.15, -0.1) is 10.2 Å². The Labute approximate surface area is 148 Å². The molecule has 8 heteroatoms. The molecule has 2 heterocycles. The normalized spacial score (nSPS) is 18.0. The number of carbonyl (C=O) groups is 1. The van der Waals surface area contributed by atoms with Crippen molar-refractivity contribution in [1.82, 2.24) is 15.1 Å². The van der Waals surface area contributed by atoms with Gasteiger partial charge in [0.05, 0.1) is 6.54 Å². The van der Waals surface area contributed by atoms with Gasteiger partial charge in [-0.2, -0.15) is 0 Å². The summed E-state index contributed by atoms with van der Waals surface area (Å²) in [5.41, 5.74) is 1.05. The summed E-state index contributed by atoms with van der Waals surface area (Å²) < 4.78 is 13.9. The lowest BCUT2D eigenvalue weighted by molar-refractivity contribution is -0.117. The Balaban J connectivity index is 1.59. The summed E-state index contributed by atoms with van der Waals surface area (Å²) in [4.78, 5) is 14.4. The Morgan fingerprint density at radius 2 is 2.21 bits per heavy atom. The highest BCUT2D eigenvalue weighted by molar-refractivity contribution is 8.01. The maximum Gasteiger partial charge on any atom is 0.240 e. The number of hydrogen-bond acceptors (Lipinski definition) is 6. The van der Waals surface area contributed by atoms with Crippen LogP contribution in [0.4, 0.5) is 9.52 Å². The molecule has 1 amide bonds. The summed E-state index contributed by atoms with van der Waals surface area (Å²) in [5.74, 6) is 0.599. The molecule has 2 aromatic rings. The van der Waals surface area contributed by atoms with Gasteiger partial charge in [0.2, 0.25) is 11.0 Å². The third kappa shape index (κ3) is 4.31. The zero-order valence-electron chi connectivity index (χ0n) is 13.4. The number of nitrogens with one attached hydrogen (secondary N) is 1. The van der Waals surface area contributed by atoms with Gasteiger partial charge >= 0.3 is 0 Å². The van der Waals surface area contributed by atoms with Crippen LogP contribution in [0.1, 0.15) is 31.4 Å². The van der Waals surface area contributed by atoms with Crippen molar-refractivity contribution in [2.75, 3.05) is 24.2 Å².